The highest BCUT2D eigenvalue weighted by molar-refractivity contribution is 6.07. The Hall–Kier alpha value is -2.52. The molecular formula is C15H14F6N2O2. The van der Waals surface area contributed by atoms with E-state index in [4.69, 9.17) is 5.73 Å². The van der Waals surface area contributed by atoms with Gasteiger partial charge in [-0.3, -0.25) is 9.79 Å². The summed E-state index contributed by atoms with van der Waals surface area (Å²) in [7, 11) is 0. The zero-order valence-electron chi connectivity index (χ0n) is 12.9. The first kappa shape index (κ1) is 20.5. The number of nitrogens with two attached hydrogens (primary N) is 1. The fourth-order valence-corrected chi connectivity index (χ4v) is 1.63. The van der Waals surface area contributed by atoms with Crippen molar-refractivity contribution in [2.75, 3.05) is 6.61 Å². The largest absolute Gasteiger partial charge is 0.466 e. The third-order valence-corrected chi connectivity index (χ3v) is 2.75. The maximum absolute atomic E-state index is 12.5. The van der Waals surface area contributed by atoms with Gasteiger partial charge in [0.2, 0.25) is 0 Å². The molecule has 0 amide bonds. The number of nitrogens with zero attached hydrogens (tertiary/aromatic N) is 1. The van der Waals surface area contributed by atoms with Crippen molar-refractivity contribution in [2.24, 2.45) is 10.7 Å². The van der Waals surface area contributed by atoms with Crippen molar-refractivity contribution in [1.82, 2.24) is 0 Å². The first-order chi connectivity index (χ1) is 11.4. The number of aliphatic imine (C=N–C) groups is 1. The Morgan fingerprint density at radius 3 is 2.16 bits per heavy atom. The van der Waals surface area contributed by atoms with Crippen LogP contribution in [0.5, 0.6) is 0 Å². The Balaban J connectivity index is 3.17. The highest BCUT2D eigenvalue weighted by atomic mass is 19.4. The van der Waals surface area contributed by atoms with Gasteiger partial charge in [-0.05, 0) is 37.3 Å². The van der Waals surface area contributed by atoms with Gasteiger partial charge in [-0.25, -0.2) is 0 Å². The van der Waals surface area contributed by atoms with E-state index >= 15 is 0 Å². The second kappa shape index (κ2) is 8.04. The summed E-state index contributed by atoms with van der Waals surface area (Å²) in [6.45, 7) is 1.51. The smallest absolute Gasteiger partial charge is 0.430 e. The van der Waals surface area contributed by atoms with Crippen LogP contribution in [-0.4, -0.2) is 24.5 Å². The molecule has 0 aliphatic rings. The molecule has 2 N–H and O–H groups in total. The summed E-state index contributed by atoms with van der Waals surface area (Å²) in [5, 5.41) is 0. The van der Waals surface area contributed by atoms with Gasteiger partial charge in [0.15, 0.2) is 0 Å². The van der Waals surface area contributed by atoms with Crippen molar-refractivity contribution in [2.45, 2.75) is 25.7 Å². The molecule has 1 aromatic rings. The van der Waals surface area contributed by atoms with Crippen molar-refractivity contribution in [1.29, 1.82) is 0 Å². The van der Waals surface area contributed by atoms with E-state index in [1.54, 1.807) is 0 Å². The molecule has 0 saturated heterocycles. The number of carbonyl (C=O) groups is 1. The maximum Gasteiger partial charge on any atom is 0.430 e. The summed E-state index contributed by atoms with van der Waals surface area (Å²) in [5.41, 5.74) is 1.99. The molecule has 0 aromatic heterocycles. The summed E-state index contributed by atoms with van der Waals surface area (Å²) < 4.78 is 79.7. The second-order valence-corrected chi connectivity index (χ2v) is 4.73. The summed E-state index contributed by atoms with van der Waals surface area (Å²) >= 11 is 0. The van der Waals surface area contributed by atoms with Crippen LogP contribution in [0, 0.1) is 0 Å². The molecule has 0 unspecified atom stereocenters. The van der Waals surface area contributed by atoms with Crippen LogP contribution in [0.2, 0.25) is 0 Å². The van der Waals surface area contributed by atoms with E-state index < -0.39 is 41.7 Å². The number of halogens is 6. The second-order valence-electron chi connectivity index (χ2n) is 4.73. The Kier molecular flexibility index (Phi) is 6.60. The highest BCUT2D eigenvalue weighted by Gasteiger charge is 2.32. The van der Waals surface area contributed by atoms with Crippen LogP contribution in [0.4, 0.5) is 32.0 Å². The van der Waals surface area contributed by atoms with Gasteiger partial charge in [-0.15, -0.1) is 0 Å². The average molecular weight is 368 g/mol. The number of allylic oxidation sites excluding steroid dienone is 2. The van der Waals surface area contributed by atoms with Gasteiger partial charge in [0.05, 0.1) is 30.0 Å². The molecule has 1 aromatic carbocycles. The van der Waals surface area contributed by atoms with Gasteiger partial charge in [-0.2, -0.15) is 26.3 Å². The van der Waals surface area contributed by atoms with Crippen LogP contribution < -0.4 is 5.73 Å². The summed E-state index contributed by atoms with van der Waals surface area (Å²) in [4.78, 5) is 15.2. The number of hydrogen-bond acceptors (Lipinski definition) is 4. The number of carbonyl (C=O) groups excluding carboxylic acids is 1. The molecule has 25 heavy (non-hydrogen) atoms. The minimum Gasteiger partial charge on any atom is -0.466 e. The molecule has 0 spiro atoms. The maximum atomic E-state index is 12.5. The summed E-state index contributed by atoms with van der Waals surface area (Å²) in [6, 6.07) is 3.37. The van der Waals surface area contributed by atoms with Gasteiger partial charge >= 0.3 is 18.3 Å². The Bertz CT molecular complexity index is 660. The first-order valence-corrected chi connectivity index (χ1v) is 6.88. The van der Waals surface area contributed by atoms with Crippen molar-refractivity contribution in [3.05, 3.63) is 41.6 Å². The average Bonchev–Trinajstić information content (AvgIpc) is 2.45. The summed E-state index contributed by atoms with van der Waals surface area (Å²) in [5.74, 6) is -0.848. The van der Waals surface area contributed by atoms with E-state index in [9.17, 15) is 31.1 Å². The number of alkyl halides is 6. The molecule has 138 valence electrons. The van der Waals surface area contributed by atoms with Crippen LogP contribution in [0.1, 0.15) is 18.9 Å². The molecule has 0 saturated carbocycles. The lowest BCUT2D eigenvalue weighted by Gasteiger charge is -2.09. The van der Waals surface area contributed by atoms with Gasteiger partial charge in [0.1, 0.15) is 5.70 Å². The van der Waals surface area contributed by atoms with Crippen LogP contribution in [0.3, 0.4) is 0 Å². The topological polar surface area (TPSA) is 64.7 Å². The SMILES string of the molecule is CCOC(=O)CC(/C=C(\N)C(F)(F)F)=Nc1ccc(C(F)(F)F)cc1. The standard InChI is InChI=1S/C15H14F6N2O2/c1-2-25-13(24)8-11(7-12(22)15(19,20)21)23-10-5-3-9(4-6-10)14(16,17)18/h3-7H,2,8,22H2,1H3/b12-7-,23-11?. The Labute approximate surface area is 139 Å². The van der Waals surface area contributed by atoms with E-state index in [0.29, 0.717) is 6.08 Å². The van der Waals surface area contributed by atoms with Gasteiger partial charge in [0, 0.05) is 0 Å². The number of ether oxygens (including phenoxy) is 1. The van der Waals surface area contributed by atoms with Gasteiger partial charge in [0.25, 0.3) is 0 Å². The third kappa shape index (κ3) is 6.86. The van der Waals surface area contributed by atoms with Crippen molar-refractivity contribution in [3.8, 4) is 0 Å². The Morgan fingerprint density at radius 1 is 1.16 bits per heavy atom. The van der Waals surface area contributed by atoms with E-state index in [-0.39, 0.29) is 12.3 Å². The minimum absolute atomic E-state index is 0.00482. The van der Waals surface area contributed by atoms with Crippen LogP contribution in [0.25, 0.3) is 0 Å². The highest BCUT2D eigenvalue weighted by Crippen LogP contribution is 2.30. The lowest BCUT2D eigenvalue weighted by atomic mass is 10.2. The lowest BCUT2D eigenvalue weighted by molar-refractivity contribution is -0.141. The zero-order valence-corrected chi connectivity index (χ0v) is 12.9. The first-order valence-electron chi connectivity index (χ1n) is 6.88. The molecule has 0 radical (unpaired) electrons. The molecule has 0 atom stereocenters. The van der Waals surface area contributed by atoms with E-state index in [0.717, 1.165) is 24.3 Å². The van der Waals surface area contributed by atoms with E-state index in [2.05, 4.69) is 9.73 Å². The predicted octanol–water partition coefficient (Wildman–Crippen LogP) is 4.14. The van der Waals surface area contributed by atoms with Crippen molar-refractivity contribution < 1.29 is 35.9 Å². The molecule has 10 heteroatoms. The Morgan fingerprint density at radius 2 is 1.72 bits per heavy atom. The zero-order chi connectivity index (χ0) is 19.3. The number of esters is 1. The van der Waals surface area contributed by atoms with E-state index in [1.165, 1.54) is 6.92 Å². The molecule has 0 aliphatic carbocycles. The van der Waals surface area contributed by atoms with Crippen molar-refractivity contribution >= 4 is 17.4 Å². The normalized spacial score (nSPS) is 13.7. The molecule has 0 fully saturated rings. The fourth-order valence-electron chi connectivity index (χ4n) is 1.63. The third-order valence-electron chi connectivity index (χ3n) is 2.75. The molecule has 0 heterocycles. The molecule has 0 aliphatic heterocycles. The van der Waals surface area contributed by atoms with Gasteiger partial charge < -0.3 is 10.5 Å². The number of hydrogen-bond donors (Lipinski definition) is 1. The minimum atomic E-state index is -4.84. The fraction of sp³-hybridized carbons (Fsp3) is 0.333. The van der Waals surface area contributed by atoms with Gasteiger partial charge in [-0.1, -0.05) is 0 Å². The van der Waals surface area contributed by atoms with E-state index in [1.807, 2.05) is 0 Å². The predicted molar refractivity (Wildman–Crippen MR) is 78.1 cm³/mol. The number of rotatable bonds is 5. The summed E-state index contributed by atoms with van der Waals surface area (Å²) in [6.07, 6.45) is -9.58. The van der Waals surface area contributed by atoms with Crippen LogP contribution in [0.15, 0.2) is 41.0 Å². The number of benzene rings is 1. The van der Waals surface area contributed by atoms with Crippen molar-refractivity contribution in [3.63, 3.8) is 0 Å². The monoisotopic (exact) mass is 368 g/mol. The molecule has 0 bridgehead atoms. The quantitative estimate of drug-likeness (QED) is 0.483. The van der Waals surface area contributed by atoms with Crippen LogP contribution >= 0.6 is 0 Å². The van der Waals surface area contributed by atoms with Crippen LogP contribution in [-0.2, 0) is 15.7 Å². The molecule has 1 rings (SSSR count). The molecule has 4 nitrogen and oxygen atoms in total. The lowest BCUT2D eigenvalue weighted by Crippen LogP contribution is -2.21. The molecular weight excluding hydrogens is 354 g/mol.